The van der Waals surface area contributed by atoms with Crippen molar-refractivity contribution in [3.05, 3.63) is 0 Å². The van der Waals surface area contributed by atoms with Crippen molar-refractivity contribution in [1.29, 1.82) is 0 Å². The van der Waals surface area contributed by atoms with E-state index in [1.807, 2.05) is 4.90 Å². The van der Waals surface area contributed by atoms with Crippen molar-refractivity contribution in [2.45, 2.75) is 13.3 Å². The second-order valence-electron chi connectivity index (χ2n) is 3.34. The average Bonchev–Trinajstić information content (AvgIpc) is 2.14. The summed E-state index contributed by atoms with van der Waals surface area (Å²) in [5.74, 6) is -1.28. The molecule has 0 radical (unpaired) electrons. The Kier molecular flexibility index (Phi) is 7.37. The molecule has 1 unspecified atom stereocenters. The fourth-order valence-corrected chi connectivity index (χ4v) is 1.20. The zero-order valence-corrected chi connectivity index (χ0v) is 8.52. The van der Waals surface area contributed by atoms with Crippen LogP contribution >= 0.6 is 0 Å². The summed E-state index contributed by atoms with van der Waals surface area (Å²) in [4.78, 5) is 12.4. The van der Waals surface area contributed by atoms with Gasteiger partial charge in [0, 0.05) is 26.2 Å². The van der Waals surface area contributed by atoms with Crippen LogP contribution in [-0.2, 0) is 4.79 Å². The summed E-state index contributed by atoms with van der Waals surface area (Å²) in [5.41, 5.74) is 0. The number of rotatable bonds is 8. The van der Waals surface area contributed by atoms with Crippen LogP contribution in [0.25, 0.3) is 0 Å². The van der Waals surface area contributed by atoms with Gasteiger partial charge >= 0.3 is 5.97 Å². The molecule has 0 spiro atoms. The lowest BCUT2D eigenvalue weighted by molar-refractivity contribution is -0.141. The van der Waals surface area contributed by atoms with Crippen molar-refractivity contribution in [1.82, 2.24) is 4.90 Å². The third kappa shape index (κ3) is 5.90. The first-order valence-electron chi connectivity index (χ1n) is 4.78. The fourth-order valence-electron chi connectivity index (χ4n) is 1.20. The van der Waals surface area contributed by atoms with Crippen molar-refractivity contribution in [2.24, 2.45) is 5.92 Å². The van der Waals surface area contributed by atoms with Gasteiger partial charge < -0.3 is 20.2 Å². The SMILES string of the molecule is CC(CN(CCO)CCCO)C(=O)O. The lowest BCUT2D eigenvalue weighted by Gasteiger charge is -2.22. The van der Waals surface area contributed by atoms with E-state index in [1.54, 1.807) is 6.92 Å². The van der Waals surface area contributed by atoms with Crippen molar-refractivity contribution >= 4 is 5.97 Å². The monoisotopic (exact) mass is 205 g/mol. The van der Waals surface area contributed by atoms with Crippen molar-refractivity contribution in [3.63, 3.8) is 0 Å². The van der Waals surface area contributed by atoms with E-state index in [4.69, 9.17) is 15.3 Å². The van der Waals surface area contributed by atoms with Crippen LogP contribution in [0, 0.1) is 5.92 Å². The molecule has 0 aromatic carbocycles. The minimum atomic E-state index is -0.836. The van der Waals surface area contributed by atoms with E-state index < -0.39 is 11.9 Å². The molecule has 14 heavy (non-hydrogen) atoms. The standard InChI is InChI=1S/C9H19NO4/c1-8(9(13)14)7-10(4-6-12)3-2-5-11/h8,11-12H,2-7H2,1H3,(H,13,14). The number of aliphatic hydroxyl groups excluding tert-OH is 2. The highest BCUT2D eigenvalue weighted by atomic mass is 16.4. The van der Waals surface area contributed by atoms with Crippen LogP contribution in [0.1, 0.15) is 13.3 Å². The highest BCUT2D eigenvalue weighted by Crippen LogP contribution is 2.00. The summed E-state index contributed by atoms with van der Waals surface area (Å²) in [5, 5.41) is 26.0. The number of aliphatic hydroxyl groups is 2. The number of carbonyl (C=O) groups is 1. The normalized spacial score (nSPS) is 13.1. The Morgan fingerprint density at radius 1 is 1.29 bits per heavy atom. The molecule has 5 nitrogen and oxygen atoms in total. The molecule has 1 atom stereocenters. The molecule has 0 saturated heterocycles. The van der Waals surface area contributed by atoms with Crippen LogP contribution in [-0.4, -0.2) is 59.0 Å². The van der Waals surface area contributed by atoms with Gasteiger partial charge in [-0.15, -0.1) is 0 Å². The van der Waals surface area contributed by atoms with Gasteiger partial charge in [-0.3, -0.25) is 4.79 Å². The van der Waals surface area contributed by atoms with E-state index in [1.165, 1.54) is 0 Å². The molecular weight excluding hydrogens is 186 g/mol. The third-order valence-electron chi connectivity index (χ3n) is 2.00. The van der Waals surface area contributed by atoms with Crippen LogP contribution in [0.15, 0.2) is 0 Å². The quantitative estimate of drug-likeness (QED) is 0.492. The molecule has 84 valence electrons. The molecule has 5 heteroatoms. The second kappa shape index (κ2) is 7.73. The third-order valence-corrected chi connectivity index (χ3v) is 2.00. The van der Waals surface area contributed by atoms with Gasteiger partial charge in [0.25, 0.3) is 0 Å². The predicted octanol–water partition coefficient (Wildman–Crippen LogP) is -0.616. The minimum absolute atomic E-state index is 0.0117. The Hall–Kier alpha value is -0.650. The van der Waals surface area contributed by atoms with E-state index in [0.29, 0.717) is 26.1 Å². The first kappa shape index (κ1) is 13.4. The Morgan fingerprint density at radius 3 is 2.36 bits per heavy atom. The van der Waals surface area contributed by atoms with Crippen LogP contribution in [0.3, 0.4) is 0 Å². The molecule has 0 bridgehead atoms. The summed E-state index contributed by atoms with van der Waals surface area (Å²) in [6.07, 6.45) is 0.604. The lowest BCUT2D eigenvalue weighted by atomic mass is 10.1. The Bertz CT molecular complexity index is 163. The van der Waals surface area contributed by atoms with Gasteiger partial charge in [-0.05, 0) is 6.42 Å². The summed E-state index contributed by atoms with van der Waals surface area (Å²) >= 11 is 0. The Labute approximate surface area is 84.0 Å². The Morgan fingerprint density at radius 2 is 1.93 bits per heavy atom. The van der Waals surface area contributed by atoms with Crippen LogP contribution < -0.4 is 0 Å². The largest absolute Gasteiger partial charge is 0.481 e. The number of nitrogens with zero attached hydrogens (tertiary/aromatic N) is 1. The first-order valence-corrected chi connectivity index (χ1v) is 4.78. The highest BCUT2D eigenvalue weighted by Gasteiger charge is 2.15. The van der Waals surface area contributed by atoms with Gasteiger partial charge in [0.2, 0.25) is 0 Å². The predicted molar refractivity (Wildman–Crippen MR) is 52.0 cm³/mol. The molecule has 0 aliphatic carbocycles. The first-order chi connectivity index (χ1) is 6.61. The number of carboxylic acid groups (broad SMARTS) is 1. The van der Waals surface area contributed by atoms with E-state index in [9.17, 15) is 4.79 Å². The number of hydrogen-bond donors (Lipinski definition) is 3. The van der Waals surface area contributed by atoms with Gasteiger partial charge in [-0.25, -0.2) is 0 Å². The van der Waals surface area contributed by atoms with Gasteiger partial charge in [0.05, 0.1) is 12.5 Å². The molecule has 0 saturated carbocycles. The van der Waals surface area contributed by atoms with Crippen molar-refractivity contribution in [2.75, 3.05) is 32.8 Å². The summed E-state index contributed by atoms with van der Waals surface area (Å²) in [6.45, 7) is 3.22. The number of hydrogen-bond acceptors (Lipinski definition) is 4. The van der Waals surface area contributed by atoms with Gasteiger partial charge in [-0.2, -0.15) is 0 Å². The zero-order valence-electron chi connectivity index (χ0n) is 8.52. The molecule has 0 amide bonds. The van der Waals surface area contributed by atoms with Crippen molar-refractivity contribution in [3.8, 4) is 0 Å². The molecule has 0 rings (SSSR count). The van der Waals surface area contributed by atoms with Gasteiger partial charge in [-0.1, -0.05) is 6.92 Å². The molecule has 0 aromatic rings. The Balaban J connectivity index is 3.87. The smallest absolute Gasteiger partial charge is 0.307 e. The topological polar surface area (TPSA) is 81.0 Å². The number of carboxylic acids is 1. The maximum atomic E-state index is 10.6. The summed E-state index contributed by atoms with van der Waals surface area (Å²) < 4.78 is 0. The summed E-state index contributed by atoms with van der Waals surface area (Å²) in [6, 6.07) is 0. The van der Waals surface area contributed by atoms with E-state index in [0.717, 1.165) is 0 Å². The average molecular weight is 205 g/mol. The van der Waals surface area contributed by atoms with Crippen LogP contribution in [0.4, 0.5) is 0 Å². The summed E-state index contributed by atoms with van der Waals surface area (Å²) in [7, 11) is 0. The van der Waals surface area contributed by atoms with E-state index in [2.05, 4.69) is 0 Å². The maximum Gasteiger partial charge on any atom is 0.307 e. The number of aliphatic carboxylic acids is 1. The van der Waals surface area contributed by atoms with Crippen LogP contribution in [0.2, 0.25) is 0 Å². The molecule has 0 fully saturated rings. The fraction of sp³-hybridized carbons (Fsp3) is 0.889. The zero-order chi connectivity index (χ0) is 11.0. The maximum absolute atomic E-state index is 10.6. The molecule has 0 aromatic heterocycles. The van der Waals surface area contributed by atoms with E-state index in [-0.39, 0.29) is 13.2 Å². The van der Waals surface area contributed by atoms with Gasteiger partial charge in [0.1, 0.15) is 0 Å². The van der Waals surface area contributed by atoms with Gasteiger partial charge in [0.15, 0.2) is 0 Å². The minimum Gasteiger partial charge on any atom is -0.481 e. The molecule has 0 aliphatic heterocycles. The molecule has 3 N–H and O–H groups in total. The van der Waals surface area contributed by atoms with Crippen LogP contribution in [0.5, 0.6) is 0 Å². The lowest BCUT2D eigenvalue weighted by Crippen LogP contribution is -2.35. The van der Waals surface area contributed by atoms with Crippen molar-refractivity contribution < 1.29 is 20.1 Å². The second-order valence-corrected chi connectivity index (χ2v) is 3.34. The molecule has 0 aliphatic rings. The highest BCUT2D eigenvalue weighted by molar-refractivity contribution is 5.69. The molecular formula is C9H19NO4. The molecule has 0 heterocycles. The van der Waals surface area contributed by atoms with E-state index >= 15 is 0 Å².